The van der Waals surface area contributed by atoms with E-state index in [1.54, 1.807) is 0 Å². The smallest absolute Gasteiger partial charge is 0.193 e. The molecule has 0 radical (unpaired) electrons. The van der Waals surface area contributed by atoms with Gasteiger partial charge in [-0.05, 0) is 53.0 Å². The lowest BCUT2D eigenvalue weighted by Gasteiger charge is -2.19. The van der Waals surface area contributed by atoms with Crippen LogP contribution in [0.2, 0.25) is 5.02 Å². The summed E-state index contributed by atoms with van der Waals surface area (Å²) in [7, 11) is 0. The molecule has 3 nitrogen and oxygen atoms in total. The first kappa shape index (κ1) is 25.3. The molecule has 0 bridgehead atoms. The average molecular weight is 497 g/mol. The van der Waals surface area contributed by atoms with Crippen molar-refractivity contribution in [1.82, 2.24) is 5.32 Å². The summed E-state index contributed by atoms with van der Waals surface area (Å²) < 4.78 is 0. The molecule has 0 atom stereocenters. The maximum Gasteiger partial charge on any atom is 0.193 e. The molecule has 3 aromatic rings. The number of halogens is 1. The molecule has 0 aliphatic heterocycles. The van der Waals surface area contributed by atoms with Crippen molar-refractivity contribution in [2.75, 3.05) is 17.6 Å². The van der Waals surface area contributed by atoms with Crippen molar-refractivity contribution in [2.45, 2.75) is 31.9 Å². The second kappa shape index (κ2) is 11.7. The lowest BCUT2D eigenvalue weighted by Crippen LogP contribution is -2.30. The largest absolute Gasteiger partial charge is 0.362 e. The Morgan fingerprint density at radius 2 is 1.70 bits per heavy atom. The molecule has 3 aromatic carbocycles. The quantitative estimate of drug-likeness (QED) is 0.198. The third kappa shape index (κ3) is 7.88. The van der Waals surface area contributed by atoms with Crippen LogP contribution in [-0.2, 0) is 11.2 Å². The molecule has 2 N–H and O–H groups in total. The third-order valence-corrected chi connectivity index (χ3v) is 6.60. The van der Waals surface area contributed by atoms with Crippen molar-refractivity contribution in [3.8, 4) is 0 Å². The van der Waals surface area contributed by atoms with Crippen LogP contribution in [0.3, 0.4) is 0 Å². The lowest BCUT2D eigenvalue weighted by atomic mass is 9.86. The number of hydrogen-bond donors (Lipinski definition) is 2. The van der Waals surface area contributed by atoms with E-state index in [0.29, 0.717) is 16.2 Å². The number of benzene rings is 3. The van der Waals surface area contributed by atoms with Crippen molar-refractivity contribution in [3.63, 3.8) is 0 Å². The monoisotopic (exact) mass is 496 g/mol. The van der Waals surface area contributed by atoms with E-state index in [1.165, 1.54) is 11.1 Å². The van der Waals surface area contributed by atoms with Gasteiger partial charge in [0.05, 0.1) is 0 Å². The second-order valence-electron chi connectivity index (χ2n) is 8.80. The van der Waals surface area contributed by atoms with Gasteiger partial charge in [-0.1, -0.05) is 80.9 Å². The third-order valence-electron chi connectivity index (χ3n) is 5.09. The van der Waals surface area contributed by atoms with Crippen molar-refractivity contribution in [1.29, 1.82) is 0 Å². The van der Waals surface area contributed by atoms with Crippen LogP contribution in [0.4, 0.5) is 5.69 Å². The fourth-order valence-corrected chi connectivity index (χ4v) is 4.49. The highest BCUT2D eigenvalue weighted by atomic mass is 35.5. The van der Waals surface area contributed by atoms with E-state index in [0.717, 1.165) is 28.8 Å². The minimum absolute atomic E-state index is 0.00426. The summed E-state index contributed by atoms with van der Waals surface area (Å²) in [5.41, 5.74) is 4.57. The molecule has 0 fully saturated rings. The molecule has 0 saturated heterocycles. The maximum atomic E-state index is 12.9. The van der Waals surface area contributed by atoms with Crippen LogP contribution in [0, 0.1) is 0 Å². The lowest BCUT2D eigenvalue weighted by molar-refractivity contribution is 0.103. The Bertz CT molecular complexity index is 1110. The Kier molecular flexibility index (Phi) is 8.95. The van der Waals surface area contributed by atoms with E-state index in [2.05, 4.69) is 37.5 Å². The highest BCUT2D eigenvalue weighted by Gasteiger charge is 2.15. The number of thioether (sulfide) groups is 1. The van der Waals surface area contributed by atoms with Crippen molar-refractivity contribution in [3.05, 3.63) is 100 Å². The Labute approximate surface area is 211 Å². The van der Waals surface area contributed by atoms with Crippen LogP contribution in [0.15, 0.2) is 72.8 Å². The van der Waals surface area contributed by atoms with Gasteiger partial charge in [0.25, 0.3) is 0 Å². The topological polar surface area (TPSA) is 41.1 Å². The molecule has 0 aliphatic carbocycles. The summed E-state index contributed by atoms with van der Waals surface area (Å²) in [6.07, 6.45) is 0. The zero-order valence-corrected chi connectivity index (χ0v) is 21.5. The van der Waals surface area contributed by atoms with Gasteiger partial charge in [0, 0.05) is 39.9 Å². The standard InChI is InChI=1S/C27H29ClN2OS2/c1-27(2,3)22-12-10-20(11-13-22)25(31)21-7-5-9-24(17-21)30-26(32)29-14-15-33-18-19-6-4-8-23(28)16-19/h4-13,16-17H,14-15,18H2,1-3H3,(H2,29,30,32). The molecule has 0 unspecified atom stereocenters. The number of carbonyl (C=O) groups is 1. The first-order valence-corrected chi connectivity index (χ1v) is 12.8. The van der Waals surface area contributed by atoms with E-state index in [9.17, 15) is 4.79 Å². The molecule has 0 aromatic heterocycles. The normalized spacial score (nSPS) is 11.2. The van der Waals surface area contributed by atoms with Crippen LogP contribution in [0.25, 0.3) is 0 Å². The molecule has 0 amide bonds. The van der Waals surface area contributed by atoms with Gasteiger partial charge in [-0.15, -0.1) is 0 Å². The van der Waals surface area contributed by atoms with Gasteiger partial charge >= 0.3 is 0 Å². The number of anilines is 1. The predicted molar refractivity (Wildman–Crippen MR) is 147 cm³/mol. The predicted octanol–water partition coefficient (Wildman–Crippen LogP) is 7.09. The Morgan fingerprint density at radius 1 is 0.970 bits per heavy atom. The zero-order chi connectivity index (χ0) is 23.8. The molecule has 3 rings (SSSR count). The first-order chi connectivity index (χ1) is 15.7. The highest BCUT2D eigenvalue weighted by molar-refractivity contribution is 7.98. The molecule has 33 heavy (non-hydrogen) atoms. The number of nitrogens with one attached hydrogen (secondary N) is 2. The van der Waals surface area contributed by atoms with Crippen LogP contribution in [-0.4, -0.2) is 23.2 Å². The summed E-state index contributed by atoms with van der Waals surface area (Å²) in [4.78, 5) is 12.9. The molecule has 6 heteroatoms. The molecular weight excluding hydrogens is 468 g/mol. The van der Waals surface area contributed by atoms with Crippen molar-refractivity contribution >= 4 is 52.2 Å². The summed E-state index contributed by atoms with van der Waals surface area (Å²) in [6.45, 7) is 7.23. The number of thiocarbonyl (C=S) groups is 1. The van der Waals surface area contributed by atoms with Crippen LogP contribution < -0.4 is 10.6 Å². The molecule has 0 saturated carbocycles. The first-order valence-electron chi connectivity index (χ1n) is 10.8. The fraction of sp³-hybridized carbons (Fsp3) is 0.259. The summed E-state index contributed by atoms with van der Waals surface area (Å²) in [5.74, 6) is 1.82. The summed E-state index contributed by atoms with van der Waals surface area (Å²) in [6, 6.07) is 23.2. The molecule has 0 spiro atoms. The van der Waals surface area contributed by atoms with Crippen LogP contribution >= 0.6 is 35.6 Å². The summed E-state index contributed by atoms with van der Waals surface area (Å²) in [5, 5.41) is 7.70. The zero-order valence-electron chi connectivity index (χ0n) is 19.2. The Hall–Kier alpha value is -2.34. The van der Waals surface area contributed by atoms with E-state index < -0.39 is 0 Å². The summed E-state index contributed by atoms with van der Waals surface area (Å²) >= 11 is 13.3. The van der Waals surface area contributed by atoms with Gasteiger partial charge in [0.2, 0.25) is 0 Å². The van der Waals surface area contributed by atoms with E-state index in [-0.39, 0.29) is 11.2 Å². The van der Waals surface area contributed by atoms with Gasteiger partial charge in [-0.2, -0.15) is 11.8 Å². The number of ketones is 1. The van der Waals surface area contributed by atoms with E-state index in [4.69, 9.17) is 23.8 Å². The van der Waals surface area contributed by atoms with Crippen LogP contribution in [0.5, 0.6) is 0 Å². The Morgan fingerprint density at radius 3 is 2.39 bits per heavy atom. The van der Waals surface area contributed by atoms with Gasteiger partial charge in [0.1, 0.15) is 0 Å². The average Bonchev–Trinajstić information content (AvgIpc) is 2.78. The molecular formula is C27H29ClN2OS2. The number of rotatable bonds is 8. The molecule has 0 aliphatic rings. The van der Waals surface area contributed by atoms with Gasteiger partial charge in [-0.3, -0.25) is 4.79 Å². The fourth-order valence-electron chi connectivity index (χ4n) is 3.26. The minimum atomic E-state index is -0.00426. The van der Waals surface area contributed by atoms with Gasteiger partial charge < -0.3 is 10.6 Å². The van der Waals surface area contributed by atoms with Crippen molar-refractivity contribution in [2.24, 2.45) is 0 Å². The van der Waals surface area contributed by atoms with Crippen molar-refractivity contribution < 1.29 is 4.79 Å². The van der Waals surface area contributed by atoms with Gasteiger partial charge in [0.15, 0.2) is 10.9 Å². The number of hydrogen-bond acceptors (Lipinski definition) is 3. The number of carbonyl (C=O) groups excluding carboxylic acids is 1. The molecule has 172 valence electrons. The van der Waals surface area contributed by atoms with Crippen LogP contribution in [0.1, 0.15) is 47.8 Å². The second-order valence-corrected chi connectivity index (χ2v) is 10.8. The maximum absolute atomic E-state index is 12.9. The van der Waals surface area contributed by atoms with Gasteiger partial charge in [-0.25, -0.2) is 0 Å². The van der Waals surface area contributed by atoms with E-state index in [1.807, 2.05) is 78.5 Å². The SMILES string of the molecule is CC(C)(C)c1ccc(C(=O)c2cccc(NC(=S)NCCSCc3cccc(Cl)c3)c2)cc1. The van der Waals surface area contributed by atoms with E-state index >= 15 is 0 Å². The highest BCUT2D eigenvalue weighted by Crippen LogP contribution is 2.23. The minimum Gasteiger partial charge on any atom is -0.362 e. The Balaban J connectivity index is 1.48. The molecule has 0 heterocycles.